The molecule has 0 amide bonds. The number of hydrogen-bond acceptors (Lipinski definition) is 8. The van der Waals surface area contributed by atoms with E-state index in [0.29, 0.717) is 34.2 Å². The number of nitrogens with one attached hydrogen (secondary N) is 1. The molecule has 6 rings (SSSR count). The molecule has 1 saturated carbocycles. The molecule has 8 nitrogen and oxygen atoms in total. The predicted molar refractivity (Wildman–Crippen MR) is 124 cm³/mol. The van der Waals surface area contributed by atoms with E-state index in [1.54, 1.807) is 6.20 Å². The van der Waals surface area contributed by atoms with E-state index in [4.69, 9.17) is 14.0 Å². The van der Waals surface area contributed by atoms with Crippen LogP contribution in [0.15, 0.2) is 39.9 Å². The van der Waals surface area contributed by atoms with Crippen LogP contribution in [0.2, 0.25) is 0 Å². The van der Waals surface area contributed by atoms with Gasteiger partial charge in [-0.3, -0.25) is 4.98 Å². The summed E-state index contributed by atoms with van der Waals surface area (Å²) in [4.78, 5) is 5.28. The maximum absolute atomic E-state index is 13.7. The summed E-state index contributed by atoms with van der Waals surface area (Å²) in [7, 11) is -3.98. The van der Waals surface area contributed by atoms with E-state index < -0.39 is 10.0 Å². The van der Waals surface area contributed by atoms with Gasteiger partial charge < -0.3 is 14.0 Å². The van der Waals surface area contributed by atoms with Crippen molar-refractivity contribution in [2.75, 3.05) is 11.5 Å². The van der Waals surface area contributed by atoms with Crippen LogP contribution in [0, 0.1) is 13.8 Å². The van der Waals surface area contributed by atoms with E-state index in [-0.39, 0.29) is 17.6 Å². The van der Waals surface area contributed by atoms with Crippen molar-refractivity contribution in [2.24, 2.45) is 0 Å². The molecule has 1 fully saturated rings. The van der Waals surface area contributed by atoms with Gasteiger partial charge in [-0.2, -0.15) is 0 Å². The third-order valence-electron chi connectivity index (χ3n) is 6.04. The number of fused-ring (bicyclic) bond motifs is 2. The van der Waals surface area contributed by atoms with Crippen molar-refractivity contribution in [3.05, 3.63) is 57.7 Å². The highest BCUT2D eigenvalue weighted by molar-refractivity contribution is 7.93. The number of aromatic nitrogens is 2. The second kappa shape index (κ2) is 7.46. The smallest absolute Gasteiger partial charge is 0.267 e. The molecular formula is C23H21N3O5S2. The molecule has 0 spiro atoms. The number of thiophene rings is 1. The first-order valence-corrected chi connectivity index (χ1v) is 12.9. The van der Waals surface area contributed by atoms with E-state index >= 15 is 0 Å². The van der Waals surface area contributed by atoms with Gasteiger partial charge in [0.1, 0.15) is 10.4 Å². The first-order valence-electron chi connectivity index (χ1n) is 10.6. The van der Waals surface area contributed by atoms with E-state index in [1.807, 2.05) is 38.1 Å². The number of pyridine rings is 1. The van der Waals surface area contributed by atoms with Crippen LogP contribution in [0.1, 0.15) is 46.0 Å². The number of ether oxygens (including phenoxy) is 2. The van der Waals surface area contributed by atoms with Crippen LogP contribution < -0.4 is 14.2 Å². The zero-order chi connectivity index (χ0) is 22.7. The van der Waals surface area contributed by atoms with Gasteiger partial charge in [-0.05, 0) is 68.0 Å². The third kappa shape index (κ3) is 3.53. The SMILES string of the molecule is Cc1cc2c(cc1Cc1sc3cccnc3c1S(=O)(=O)Nc1onc(C)c1C1CC1)OCO2. The molecule has 0 saturated heterocycles. The van der Waals surface area contributed by atoms with Gasteiger partial charge in [0.15, 0.2) is 11.5 Å². The molecule has 4 aromatic rings. The van der Waals surface area contributed by atoms with Crippen LogP contribution in [0.4, 0.5) is 5.88 Å². The lowest BCUT2D eigenvalue weighted by Gasteiger charge is -2.10. The van der Waals surface area contributed by atoms with Crippen LogP contribution in [-0.2, 0) is 16.4 Å². The summed E-state index contributed by atoms with van der Waals surface area (Å²) in [5.41, 5.74) is 3.99. The summed E-state index contributed by atoms with van der Waals surface area (Å²) in [5.74, 6) is 1.87. The van der Waals surface area contributed by atoms with Crippen molar-refractivity contribution >= 4 is 37.5 Å². The molecule has 3 aromatic heterocycles. The van der Waals surface area contributed by atoms with Crippen molar-refractivity contribution in [3.8, 4) is 11.5 Å². The minimum absolute atomic E-state index is 0.177. The number of nitrogens with zero attached hydrogens (tertiary/aromatic N) is 2. The second-order valence-electron chi connectivity index (χ2n) is 8.40. The average Bonchev–Trinajstić information content (AvgIpc) is 3.21. The van der Waals surface area contributed by atoms with Crippen molar-refractivity contribution in [1.82, 2.24) is 10.1 Å². The van der Waals surface area contributed by atoms with Crippen LogP contribution >= 0.6 is 11.3 Å². The molecule has 2 aliphatic rings. The lowest BCUT2D eigenvalue weighted by Crippen LogP contribution is -2.15. The molecule has 10 heteroatoms. The molecule has 1 aliphatic carbocycles. The Morgan fingerprint density at radius 3 is 2.76 bits per heavy atom. The predicted octanol–water partition coefficient (Wildman–Crippen LogP) is 4.90. The van der Waals surface area contributed by atoms with Crippen LogP contribution in [-0.4, -0.2) is 25.4 Å². The maximum Gasteiger partial charge on any atom is 0.267 e. The van der Waals surface area contributed by atoms with Crippen molar-refractivity contribution in [2.45, 2.75) is 43.9 Å². The Kier molecular flexibility index (Phi) is 4.63. The zero-order valence-electron chi connectivity index (χ0n) is 18.0. The molecular weight excluding hydrogens is 462 g/mol. The largest absolute Gasteiger partial charge is 0.454 e. The van der Waals surface area contributed by atoms with Crippen LogP contribution in [0.3, 0.4) is 0 Å². The lowest BCUT2D eigenvalue weighted by molar-refractivity contribution is 0.174. The summed E-state index contributed by atoms with van der Waals surface area (Å²) in [6.45, 7) is 4.01. The minimum atomic E-state index is -3.98. The molecule has 170 valence electrons. The van der Waals surface area contributed by atoms with Gasteiger partial charge in [0.2, 0.25) is 12.7 Å². The minimum Gasteiger partial charge on any atom is -0.454 e. The molecule has 4 heterocycles. The van der Waals surface area contributed by atoms with Crippen LogP contribution in [0.5, 0.6) is 11.5 Å². The molecule has 0 atom stereocenters. The Labute approximate surface area is 194 Å². The highest BCUT2D eigenvalue weighted by atomic mass is 32.2. The first kappa shape index (κ1) is 20.5. The number of benzene rings is 1. The van der Waals surface area contributed by atoms with Crippen LogP contribution in [0.25, 0.3) is 10.2 Å². The fourth-order valence-electron chi connectivity index (χ4n) is 4.27. The number of aryl methyl sites for hydroxylation is 2. The Balaban J connectivity index is 1.44. The summed E-state index contributed by atoms with van der Waals surface area (Å²) in [5, 5.41) is 4.00. The van der Waals surface area contributed by atoms with E-state index in [1.165, 1.54) is 11.3 Å². The summed E-state index contributed by atoms with van der Waals surface area (Å²) < 4.78 is 47.2. The monoisotopic (exact) mass is 483 g/mol. The van der Waals surface area contributed by atoms with Gasteiger partial charge in [-0.1, -0.05) is 5.16 Å². The maximum atomic E-state index is 13.7. The van der Waals surface area contributed by atoms with E-state index in [9.17, 15) is 8.42 Å². The zero-order valence-corrected chi connectivity index (χ0v) is 19.7. The Morgan fingerprint density at radius 2 is 1.97 bits per heavy atom. The highest BCUT2D eigenvalue weighted by Gasteiger charge is 2.34. The van der Waals surface area contributed by atoms with E-state index in [0.717, 1.165) is 39.9 Å². The number of anilines is 1. The topological polar surface area (TPSA) is 104 Å². The lowest BCUT2D eigenvalue weighted by atomic mass is 10.0. The molecule has 1 aromatic carbocycles. The highest BCUT2D eigenvalue weighted by Crippen LogP contribution is 2.46. The van der Waals surface area contributed by atoms with Gasteiger partial charge >= 0.3 is 0 Å². The molecule has 33 heavy (non-hydrogen) atoms. The fraction of sp³-hybridized carbons (Fsp3) is 0.304. The first-order chi connectivity index (χ1) is 15.9. The molecule has 1 N–H and O–H groups in total. The average molecular weight is 484 g/mol. The Hall–Kier alpha value is -3.11. The van der Waals surface area contributed by atoms with E-state index in [2.05, 4.69) is 14.9 Å². The second-order valence-corrected chi connectivity index (χ2v) is 11.2. The summed E-state index contributed by atoms with van der Waals surface area (Å²) >= 11 is 1.43. The van der Waals surface area contributed by atoms with Crippen molar-refractivity contribution < 1.29 is 22.4 Å². The molecule has 0 radical (unpaired) electrons. The quantitative estimate of drug-likeness (QED) is 0.416. The number of sulfonamides is 1. The van der Waals surface area contributed by atoms with Gasteiger partial charge in [-0.25, -0.2) is 13.1 Å². The molecule has 0 bridgehead atoms. The summed E-state index contributed by atoms with van der Waals surface area (Å²) in [6.07, 6.45) is 4.05. The Bertz CT molecular complexity index is 1500. The number of hydrogen-bond donors (Lipinski definition) is 1. The summed E-state index contributed by atoms with van der Waals surface area (Å²) in [6, 6.07) is 7.54. The molecule has 0 unspecified atom stereocenters. The van der Waals surface area contributed by atoms with Crippen molar-refractivity contribution in [3.63, 3.8) is 0 Å². The molecule has 1 aliphatic heterocycles. The standard InChI is InChI=1S/C23H21N3O5S2/c1-12-8-16-17(30-11-29-16)9-15(12)10-19-22(21-18(32-19)4-3-7-24-21)33(27,28)26-23-20(14-5-6-14)13(2)25-31-23/h3-4,7-9,14,26H,5-6,10-11H2,1-2H3. The van der Waals surface area contributed by atoms with Gasteiger partial charge in [0.25, 0.3) is 10.0 Å². The van der Waals surface area contributed by atoms with Crippen molar-refractivity contribution in [1.29, 1.82) is 0 Å². The Morgan fingerprint density at radius 1 is 1.18 bits per heavy atom. The number of rotatable bonds is 6. The van der Waals surface area contributed by atoms with Gasteiger partial charge in [-0.15, -0.1) is 11.3 Å². The normalized spacial score (nSPS) is 15.3. The van der Waals surface area contributed by atoms with Gasteiger partial charge in [0.05, 0.1) is 10.4 Å². The van der Waals surface area contributed by atoms with Gasteiger partial charge in [0, 0.05) is 23.1 Å². The third-order valence-corrected chi connectivity index (χ3v) is 8.75. The fourth-order valence-corrected chi connectivity index (χ4v) is 7.16.